The number of anilines is 2. The second-order valence-electron chi connectivity index (χ2n) is 7.16. The lowest BCUT2D eigenvalue weighted by Gasteiger charge is -2.30. The molecular formula is C21H21N5O6S2. The number of fused-ring (bicyclic) bond motifs is 1. The second kappa shape index (κ2) is 10.2. The fraction of sp³-hybridized carbons (Fsp3) is 0.286. The molecule has 4 rings (SSSR count). The molecule has 1 aliphatic heterocycles. The SMILES string of the molecule is COc1cc(OC)c2nc(NC(=S)NC(=O)c3cc([N+](=O)[O-])ccc3N3CCOCC3)sc2c1. The number of carbonyl (C=O) groups is 1. The highest BCUT2D eigenvalue weighted by Crippen LogP contribution is 2.36. The molecule has 0 bridgehead atoms. The van der Waals surface area contributed by atoms with Gasteiger partial charge in [0.1, 0.15) is 17.0 Å². The van der Waals surface area contributed by atoms with Gasteiger partial charge in [0.15, 0.2) is 10.2 Å². The van der Waals surface area contributed by atoms with Gasteiger partial charge in [-0.1, -0.05) is 11.3 Å². The van der Waals surface area contributed by atoms with Gasteiger partial charge in [0.2, 0.25) is 0 Å². The Labute approximate surface area is 203 Å². The van der Waals surface area contributed by atoms with Crippen molar-refractivity contribution >= 4 is 61.3 Å². The number of non-ortho nitro benzene ring substituents is 1. The number of methoxy groups -OCH3 is 2. The molecule has 1 fully saturated rings. The molecule has 1 amide bonds. The number of thiocarbonyl (C=S) groups is 1. The van der Waals surface area contributed by atoms with Gasteiger partial charge in [0, 0.05) is 31.3 Å². The Bertz CT molecular complexity index is 1260. The third kappa shape index (κ3) is 5.00. The van der Waals surface area contributed by atoms with Gasteiger partial charge in [0.05, 0.1) is 48.3 Å². The predicted octanol–water partition coefficient (Wildman–Crippen LogP) is 3.19. The van der Waals surface area contributed by atoms with E-state index in [0.29, 0.717) is 54.1 Å². The van der Waals surface area contributed by atoms with Crippen molar-refractivity contribution in [1.29, 1.82) is 0 Å². The number of nitro benzene ring substituents is 1. The van der Waals surface area contributed by atoms with E-state index in [9.17, 15) is 14.9 Å². The maximum absolute atomic E-state index is 13.1. The number of nitrogens with zero attached hydrogens (tertiary/aromatic N) is 3. The number of benzene rings is 2. The average Bonchev–Trinajstić information content (AvgIpc) is 3.25. The van der Waals surface area contributed by atoms with Crippen molar-refractivity contribution < 1.29 is 23.9 Å². The first-order valence-electron chi connectivity index (χ1n) is 10.2. The molecule has 178 valence electrons. The topological polar surface area (TPSA) is 128 Å². The van der Waals surface area contributed by atoms with Crippen molar-refractivity contribution in [1.82, 2.24) is 10.3 Å². The van der Waals surface area contributed by atoms with Gasteiger partial charge in [-0.15, -0.1) is 0 Å². The van der Waals surface area contributed by atoms with Crippen LogP contribution in [0.5, 0.6) is 11.5 Å². The predicted molar refractivity (Wildman–Crippen MR) is 133 cm³/mol. The second-order valence-corrected chi connectivity index (χ2v) is 8.60. The fourth-order valence-electron chi connectivity index (χ4n) is 3.50. The molecule has 1 aliphatic rings. The van der Waals surface area contributed by atoms with Crippen LogP contribution in [0.1, 0.15) is 10.4 Å². The van der Waals surface area contributed by atoms with E-state index in [0.717, 1.165) is 4.70 Å². The van der Waals surface area contributed by atoms with E-state index in [1.165, 1.54) is 30.6 Å². The first kappa shape index (κ1) is 23.6. The highest BCUT2D eigenvalue weighted by atomic mass is 32.1. The zero-order chi connectivity index (χ0) is 24.2. The lowest BCUT2D eigenvalue weighted by molar-refractivity contribution is -0.384. The molecule has 0 radical (unpaired) electrons. The van der Waals surface area contributed by atoms with Crippen LogP contribution in [-0.2, 0) is 4.74 Å². The third-order valence-corrected chi connectivity index (χ3v) is 6.25. The fourth-order valence-corrected chi connectivity index (χ4v) is 4.67. The van der Waals surface area contributed by atoms with Gasteiger partial charge in [-0.3, -0.25) is 20.2 Å². The highest BCUT2D eigenvalue weighted by Gasteiger charge is 2.23. The number of amides is 1. The van der Waals surface area contributed by atoms with Crippen LogP contribution in [0, 0.1) is 10.1 Å². The van der Waals surface area contributed by atoms with Crippen LogP contribution in [0.3, 0.4) is 0 Å². The van der Waals surface area contributed by atoms with E-state index in [2.05, 4.69) is 15.6 Å². The average molecular weight is 504 g/mol. The van der Waals surface area contributed by atoms with Crippen LogP contribution < -0.4 is 25.0 Å². The first-order valence-corrected chi connectivity index (χ1v) is 11.4. The standard InChI is InChI=1S/C21H21N5O6S2/c1-30-13-10-16(31-2)18-17(11-13)34-21(22-18)24-20(33)23-19(27)14-9-12(26(28)29)3-4-15(14)25-5-7-32-8-6-25/h3-4,9-11H,5-8H2,1-2H3,(H2,22,23,24,27,33). The number of nitrogens with one attached hydrogen (secondary N) is 2. The summed E-state index contributed by atoms with van der Waals surface area (Å²) in [7, 11) is 3.10. The number of ether oxygens (including phenoxy) is 3. The van der Waals surface area contributed by atoms with E-state index >= 15 is 0 Å². The summed E-state index contributed by atoms with van der Waals surface area (Å²) in [4.78, 5) is 30.2. The zero-order valence-electron chi connectivity index (χ0n) is 18.3. The molecular weight excluding hydrogens is 482 g/mol. The summed E-state index contributed by atoms with van der Waals surface area (Å²) in [5, 5.41) is 17.2. The Morgan fingerprint density at radius 2 is 2.00 bits per heavy atom. The summed E-state index contributed by atoms with van der Waals surface area (Å²) in [6.45, 7) is 2.14. The van der Waals surface area contributed by atoms with Gasteiger partial charge in [0.25, 0.3) is 11.6 Å². The molecule has 3 aromatic rings. The molecule has 0 saturated carbocycles. The van der Waals surface area contributed by atoms with Crippen molar-refractivity contribution in [3.63, 3.8) is 0 Å². The molecule has 1 aromatic heterocycles. The normalized spacial score (nSPS) is 13.4. The maximum atomic E-state index is 13.1. The van der Waals surface area contributed by atoms with Crippen molar-refractivity contribution in [2.75, 3.05) is 50.7 Å². The Balaban J connectivity index is 1.55. The number of rotatable bonds is 6. The van der Waals surface area contributed by atoms with Gasteiger partial charge >= 0.3 is 0 Å². The summed E-state index contributed by atoms with van der Waals surface area (Å²) >= 11 is 6.62. The molecule has 0 unspecified atom stereocenters. The molecule has 1 saturated heterocycles. The van der Waals surface area contributed by atoms with Crippen LogP contribution in [0.15, 0.2) is 30.3 Å². The number of morpholine rings is 1. The van der Waals surface area contributed by atoms with Crippen molar-refractivity contribution in [3.8, 4) is 11.5 Å². The first-order chi connectivity index (χ1) is 16.4. The summed E-state index contributed by atoms with van der Waals surface area (Å²) in [5.74, 6) is 0.597. The molecule has 11 nitrogen and oxygen atoms in total. The number of hydrogen-bond acceptors (Lipinski definition) is 10. The summed E-state index contributed by atoms with van der Waals surface area (Å²) in [6.07, 6.45) is 0. The van der Waals surface area contributed by atoms with Gasteiger partial charge in [-0.25, -0.2) is 4.98 Å². The van der Waals surface area contributed by atoms with Crippen LogP contribution in [0.2, 0.25) is 0 Å². The molecule has 13 heteroatoms. The Kier molecular flexibility index (Phi) is 7.05. The molecule has 0 aliphatic carbocycles. The Hall–Kier alpha value is -3.55. The maximum Gasteiger partial charge on any atom is 0.270 e. The molecule has 2 aromatic carbocycles. The van der Waals surface area contributed by atoms with Crippen molar-refractivity contribution in [3.05, 3.63) is 46.0 Å². The number of nitro groups is 1. The molecule has 0 spiro atoms. The number of carbonyl (C=O) groups excluding carboxylic acids is 1. The van der Waals surface area contributed by atoms with E-state index in [4.69, 9.17) is 26.4 Å². The monoisotopic (exact) mass is 503 g/mol. The number of aromatic nitrogens is 1. The smallest absolute Gasteiger partial charge is 0.270 e. The third-order valence-electron chi connectivity index (χ3n) is 5.12. The van der Waals surface area contributed by atoms with Crippen molar-refractivity contribution in [2.24, 2.45) is 0 Å². The van der Waals surface area contributed by atoms with Crippen LogP contribution in [0.4, 0.5) is 16.5 Å². The van der Waals surface area contributed by atoms with Crippen LogP contribution in [-0.4, -0.2) is 61.4 Å². The molecule has 0 atom stereocenters. The Morgan fingerprint density at radius 1 is 1.24 bits per heavy atom. The van der Waals surface area contributed by atoms with Gasteiger partial charge < -0.3 is 24.4 Å². The minimum atomic E-state index is -0.567. The number of thiazole rings is 1. The molecule has 2 heterocycles. The minimum Gasteiger partial charge on any atom is -0.497 e. The summed E-state index contributed by atoms with van der Waals surface area (Å²) in [6, 6.07) is 7.74. The van der Waals surface area contributed by atoms with Crippen molar-refractivity contribution in [2.45, 2.75) is 0 Å². The Morgan fingerprint density at radius 3 is 2.68 bits per heavy atom. The van der Waals surface area contributed by atoms with E-state index in [-0.39, 0.29) is 16.4 Å². The minimum absolute atomic E-state index is 0.00872. The van der Waals surface area contributed by atoms with Gasteiger partial charge in [-0.2, -0.15) is 0 Å². The number of hydrogen-bond donors (Lipinski definition) is 2. The lowest BCUT2D eigenvalue weighted by atomic mass is 10.1. The van der Waals surface area contributed by atoms with Crippen LogP contribution in [0.25, 0.3) is 10.2 Å². The highest BCUT2D eigenvalue weighted by molar-refractivity contribution is 7.80. The molecule has 34 heavy (non-hydrogen) atoms. The summed E-state index contributed by atoms with van der Waals surface area (Å²) in [5.41, 5.74) is 1.16. The van der Waals surface area contributed by atoms with Gasteiger partial charge in [-0.05, 0) is 24.4 Å². The summed E-state index contributed by atoms with van der Waals surface area (Å²) < 4.78 is 16.8. The van der Waals surface area contributed by atoms with E-state index in [1.807, 2.05) is 11.0 Å². The van der Waals surface area contributed by atoms with E-state index < -0.39 is 10.8 Å². The van der Waals surface area contributed by atoms with Crippen LogP contribution >= 0.6 is 23.6 Å². The lowest BCUT2D eigenvalue weighted by Crippen LogP contribution is -2.39. The zero-order valence-corrected chi connectivity index (χ0v) is 20.0. The molecule has 2 N–H and O–H groups in total. The quantitative estimate of drug-likeness (QED) is 0.294. The van der Waals surface area contributed by atoms with E-state index in [1.54, 1.807) is 19.2 Å². The largest absolute Gasteiger partial charge is 0.497 e.